The van der Waals surface area contributed by atoms with Crippen molar-refractivity contribution in [2.24, 2.45) is 28.2 Å². The monoisotopic (exact) mass is 782 g/mol. The highest BCUT2D eigenvalue weighted by molar-refractivity contribution is 7.00. The Morgan fingerprint density at radius 1 is 0.367 bits per heavy atom. The topological polar surface area (TPSA) is 108 Å². The predicted molar refractivity (Wildman–Crippen MR) is 231 cm³/mol. The van der Waals surface area contributed by atoms with Gasteiger partial charge in [0.2, 0.25) is 0 Å². The molecule has 0 aliphatic carbocycles. The second-order valence-electron chi connectivity index (χ2n) is 15.9. The number of benzene rings is 5. The van der Waals surface area contributed by atoms with Crippen molar-refractivity contribution < 1.29 is 18.9 Å². The summed E-state index contributed by atoms with van der Waals surface area (Å²) in [5, 5.41) is 0. The first-order valence-corrected chi connectivity index (χ1v) is 19.8. The van der Waals surface area contributed by atoms with E-state index in [0.717, 1.165) is 101 Å². The Hall–Kier alpha value is -7.73. The molecule has 0 fully saturated rings. The molecule has 12 nitrogen and oxygen atoms in total. The highest BCUT2D eigenvalue weighted by atomic mass is 16.5. The van der Waals surface area contributed by atoms with Crippen LogP contribution >= 0.6 is 0 Å². The average Bonchev–Trinajstić information content (AvgIpc) is 4.10. The molecule has 0 N–H and O–H groups in total. The van der Waals surface area contributed by atoms with Crippen molar-refractivity contribution in [1.29, 1.82) is 0 Å². The Balaban J connectivity index is 1.08. The molecule has 4 aliphatic heterocycles. The summed E-state index contributed by atoms with van der Waals surface area (Å²) in [6, 6.07) is 25.2. The van der Waals surface area contributed by atoms with Crippen LogP contribution in [0.25, 0.3) is 45.6 Å². The number of hydrogen-bond donors (Lipinski definition) is 0. The van der Waals surface area contributed by atoms with Gasteiger partial charge in [-0.05, 0) is 70.4 Å². The van der Waals surface area contributed by atoms with Gasteiger partial charge in [0.1, 0.15) is 46.3 Å². The number of hydrogen-bond acceptors (Lipinski definition) is 8. The van der Waals surface area contributed by atoms with Gasteiger partial charge in [0.05, 0.1) is 0 Å². The van der Waals surface area contributed by atoms with E-state index in [1.807, 2.05) is 120 Å². The summed E-state index contributed by atoms with van der Waals surface area (Å²) in [6.07, 6.45) is 15.1. The first kappa shape index (κ1) is 33.3. The van der Waals surface area contributed by atoms with Gasteiger partial charge in [-0.2, -0.15) is 0 Å². The van der Waals surface area contributed by atoms with Crippen LogP contribution in [0.2, 0.25) is 0 Å². The molecule has 5 aromatic carbocycles. The van der Waals surface area contributed by atoms with Crippen LogP contribution in [-0.4, -0.2) is 51.6 Å². The minimum absolute atomic E-state index is 0.311. The molecule has 0 saturated heterocycles. The van der Waals surface area contributed by atoms with Crippen LogP contribution in [0.1, 0.15) is 0 Å². The molecule has 0 radical (unpaired) electrons. The molecule has 13 rings (SSSR count). The maximum absolute atomic E-state index is 7.10. The highest BCUT2D eigenvalue weighted by Crippen LogP contribution is 2.50. The number of ether oxygens (including phenoxy) is 4. The lowest BCUT2D eigenvalue weighted by molar-refractivity contribution is 0.397. The second-order valence-corrected chi connectivity index (χ2v) is 15.9. The zero-order valence-electron chi connectivity index (χ0n) is 32.9. The third kappa shape index (κ3) is 4.52. The highest BCUT2D eigenvalue weighted by Gasteiger charge is 2.51. The van der Waals surface area contributed by atoms with Crippen LogP contribution in [0.4, 0.5) is 0 Å². The summed E-state index contributed by atoms with van der Waals surface area (Å²) in [5.74, 6) is 8.77. The largest absolute Gasteiger partial charge is 0.454 e. The molecule has 0 amide bonds. The van der Waals surface area contributed by atoms with Crippen LogP contribution < -0.4 is 51.7 Å². The van der Waals surface area contributed by atoms with Crippen molar-refractivity contribution in [3.05, 3.63) is 122 Å². The lowest BCUT2D eigenvalue weighted by Crippen LogP contribution is -2.61. The predicted octanol–water partition coefficient (Wildman–Crippen LogP) is 4.74. The molecule has 0 atom stereocenters. The lowest BCUT2D eigenvalue weighted by atomic mass is 9.32. The molecule has 9 aromatic rings. The molecular formula is C46H32B2N8O4. The maximum Gasteiger partial charge on any atom is 0.261 e. The van der Waals surface area contributed by atoms with Gasteiger partial charge in [-0.3, -0.25) is 0 Å². The third-order valence-electron chi connectivity index (χ3n) is 12.4. The summed E-state index contributed by atoms with van der Waals surface area (Å²) in [6.45, 7) is -0.621. The Morgan fingerprint density at radius 3 is 0.833 bits per heavy atom. The van der Waals surface area contributed by atoms with E-state index in [9.17, 15) is 0 Å². The molecule has 4 aliphatic rings. The third-order valence-corrected chi connectivity index (χ3v) is 12.4. The SMILES string of the molecule is Cn1ccnc1-c1ccc2c(c1)B1c3cc(-c4nccn4C)ccc3Oc3c4c5c(c(c31)O2)Oc1ccc(-c2nccn2C)cc1B5c1cc(-c2nccn2C)ccc1O4. The summed E-state index contributed by atoms with van der Waals surface area (Å²) in [5.41, 5.74) is 9.55. The van der Waals surface area contributed by atoms with E-state index in [2.05, 4.69) is 48.5 Å². The molecule has 0 saturated carbocycles. The van der Waals surface area contributed by atoms with E-state index in [1.165, 1.54) is 0 Å². The maximum atomic E-state index is 7.10. The number of imidazole rings is 4. The van der Waals surface area contributed by atoms with Gasteiger partial charge in [0.25, 0.3) is 13.4 Å². The lowest BCUT2D eigenvalue weighted by Gasteiger charge is -2.40. The van der Waals surface area contributed by atoms with Gasteiger partial charge in [-0.25, -0.2) is 19.9 Å². The molecule has 286 valence electrons. The fourth-order valence-electron chi connectivity index (χ4n) is 9.62. The summed E-state index contributed by atoms with van der Waals surface area (Å²) in [4.78, 5) is 18.8. The number of aryl methyl sites for hydroxylation is 4. The van der Waals surface area contributed by atoms with Gasteiger partial charge in [-0.15, -0.1) is 0 Å². The molecule has 60 heavy (non-hydrogen) atoms. The number of aromatic nitrogens is 8. The van der Waals surface area contributed by atoms with Crippen LogP contribution in [0.3, 0.4) is 0 Å². The van der Waals surface area contributed by atoms with Crippen LogP contribution in [-0.2, 0) is 28.2 Å². The van der Waals surface area contributed by atoms with Gasteiger partial charge in [0.15, 0.2) is 23.0 Å². The number of nitrogens with zero attached hydrogens (tertiary/aromatic N) is 8. The van der Waals surface area contributed by atoms with Crippen molar-refractivity contribution in [2.75, 3.05) is 0 Å². The minimum atomic E-state index is -0.311. The normalized spacial score (nSPS) is 13.5. The average molecular weight is 782 g/mol. The molecule has 0 bridgehead atoms. The van der Waals surface area contributed by atoms with Gasteiger partial charge in [0, 0.05) is 111 Å². The molecule has 14 heteroatoms. The van der Waals surface area contributed by atoms with Gasteiger partial charge >= 0.3 is 0 Å². The van der Waals surface area contributed by atoms with Crippen molar-refractivity contribution in [1.82, 2.24) is 38.2 Å². The summed E-state index contributed by atoms with van der Waals surface area (Å²) < 4.78 is 36.5. The first-order chi connectivity index (χ1) is 29.4. The Labute approximate surface area is 344 Å². The van der Waals surface area contributed by atoms with Crippen molar-refractivity contribution in [2.45, 2.75) is 0 Å². The smallest absolute Gasteiger partial charge is 0.261 e. The second kappa shape index (κ2) is 11.9. The zero-order valence-corrected chi connectivity index (χ0v) is 32.9. The summed E-state index contributed by atoms with van der Waals surface area (Å²) >= 11 is 0. The fourth-order valence-corrected chi connectivity index (χ4v) is 9.62. The van der Waals surface area contributed by atoms with Gasteiger partial charge < -0.3 is 37.2 Å². The molecule has 0 spiro atoms. The van der Waals surface area contributed by atoms with Crippen molar-refractivity contribution >= 4 is 46.2 Å². The van der Waals surface area contributed by atoms with E-state index in [4.69, 9.17) is 38.9 Å². The summed E-state index contributed by atoms with van der Waals surface area (Å²) in [7, 11) is 8.02. The van der Waals surface area contributed by atoms with Crippen molar-refractivity contribution in [3.8, 4) is 91.5 Å². The Morgan fingerprint density at radius 2 is 0.617 bits per heavy atom. The zero-order chi connectivity index (χ0) is 40.0. The van der Waals surface area contributed by atoms with E-state index in [1.54, 1.807) is 0 Å². The molecule has 4 aromatic heterocycles. The fraction of sp³-hybridized carbons (Fsp3) is 0.0870. The van der Waals surface area contributed by atoms with Crippen LogP contribution in [0, 0.1) is 0 Å². The number of rotatable bonds is 4. The van der Waals surface area contributed by atoms with Gasteiger partial charge in [-0.1, -0.05) is 24.3 Å². The first-order valence-electron chi connectivity index (χ1n) is 19.8. The minimum Gasteiger partial charge on any atom is -0.454 e. The van der Waals surface area contributed by atoms with Crippen LogP contribution in [0.5, 0.6) is 46.0 Å². The van der Waals surface area contributed by atoms with Crippen molar-refractivity contribution in [3.63, 3.8) is 0 Å². The van der Waals surface area contributed by atoms with E-state index in [0.29, 0.717) is 23.0 Å². The van der Waals surface area contributed by atoms with E-state index in [-0.39, 0.29) is 13.4 Å². The Bertz CT molecular complexity index is 2890. The number of fused-ring (bicyclic) bond motifs is 10. The van der Waals surface area contributed by atoms with E-state index < -0.39 is 0 Å². The van der Waals surface area contributed by atoms with E-state index >= 15 is 0 Å². The van der Waals surface area contributed by atoms with Crippen LogP contribution in [0.15, 0.2) is 122 Å². The molecular weight excluding hydrogens is 750 g/mol. The Kier molecular flexibility index (Phi) is 6.61. The standard InChI is InChI=1S/C46H32B2N8O4/c1-53-17-13-49-43(53)25-5-9-33-29(21-25)47-30-22-26(44-50-14-18-54(44)2)6-10-34(30)58-40-37(47)39(57-33)41-38-42(40)60-36-12-8-28(46-52-16-20-56(46)4)24-32(36)48(38)31-23-27(7-11-35(31)59-41)45-51-15-19-55(45)3/h5-24H,1-4H3. The quantitative estimate of drug-likeness (QED) is 0.236. The molecule has 0 unspecified atom stereocenters. The molecule has 8 heterocycles.